The average molecular weight is 268 g/mol. The van der Waals surface area contributed by atoms with Gasteiger partial charge >= 0.3 is 0 Å². The van der Waals surface area contributed by atoms with Gasteiger partial charge in [0.25, 0.3) is 0 Å². The van der Waals surface area contributed by atoms with E-state index in [4.69, 9.17) is 10.5 Å². The van der Waals surface area contributed by atoms with Gasteiger partial charge in [-0.1, -0.05) is 6.92 Å². The Morgan fingerprint density at radius 3 is 2.65 bits per heavy atom. The van der Waals surface area contributed by atoms with E-state index in [1.807, 2.05) is 19.1 Å². The zero-order chi connectivity index (χ0) is 14.6. The molecule has 1 N–H and O–H groups in total. The zero-order valence-corrected chi connectivity index (χ0v) is 11.4. The molecule has 6 nitrogen and oxygen atoms in total. The van der Waals surface area contributed by atoms with Gasteiger partial charge in [-0.05, 0) is 31.7 Å². The fraction of sp³-hybridized carbons (Fsp3) is 0.571. The van der Waals surface area contributed by atoms with Gasteiger partial charge in [0.15, 0.2) is 11.4 Å². The monoisotopic (exact) mass is 268 g/mol. The minimum Gasteiger partial charge on any atom is -0.318 e. The number of hydrogen-bond acceptors (Lipinski definition) is 5. The van der Waals surface area contributed by atoms with Crippen molar-refractivity contribution in [3.8, 4) is 18.2 Å². The minimum atomic E-state index is -0.672. The lowest BCUT2D eigenvalue weighted by Crippen LogP contribution is -2.50. The first-order valence-electron chi connectivity index (χ1n) is 6.72. The first-order valence-corrected chi connectivity index (χ1v) is 6.72. The molecule has 1 aliphatic carbocycles. The Hall–Kier alpha value is -2.36. The Morgan fingerprint density at radius 1 is 1.40 bits per heavy atom. The number of imidazole rings is 1. The Kier molecular flexibility index (Phi) is 4.03. The number of nitrogens with zero attached hydrogens (tertiary/aromatic N) is 5. The second-order valence-corrected chi connectivity index (χ2v) is 5.08. The van der Waals surface area contributed by atoms with Crippen LogP contribution in [0.15, 0.2) is 6.33 Å². The van der Waals surface area contributed by atoms with E-state index >= 15 is 0 Å². The van der Waals surface area contributed by atoms with Crippen molar-refractivity contribution in [1.29, 1.82) is 15.8 Å². The van der Waals surface area contributed by atoms with Crippen molar-refractivity contribution >= 4 is 0 Å². The zero-order valence-electron chi connectivity index (χ0n) is 11.4. The van der Waals surface area contributed by atoms with Crippen LogP contribution in [0.1, 0.15) is 37.6 Å². The highest BCUT2D eigenvalue weighted by Gasteiger charge is 2.46. The average Bonchev–Trinajstić information content (AvgIpc) is 3.25. The molecule has 0 spiro atoms. The number of nitrogens with one attached hydrogen (secondary N) is 1. The third-order valence-corrected chi connectivity index (χ3v) is 3.63. The van der Waals surface area contributed by atoms with Crippen LogP contribution in [0.4, 0.5) is 0 Å². The van der Waals surface area contributed by atoms with E-state index in [0.29, 0.717) is 12.5 Å². The van der Waals surface area contributed by atoms with Gasteiger partial charge < -0.3 is 4.57 Å². The van der Waals surface area contributed by atoms with Crippen molar-refractivity contribution in [2.75, 3.05) is 6.54 Å². The van der Waals surface area contributed by atoms with Crippen LogP contribution >= 0.6 is 0 Å². The topological polar surface area (TPSA) is 101 Å². The summed E-state index contributed by atoms with van der Waals surface area (Å²) in [5.41, 5.74) is -0.327. The minimum absolute atomic E-state index is 0.116. The summed E-state index contributed by atoms with van der Waals surface area (Å²) >= 11 is 0. The molecule has 1 aromatic heterocycles. The summed E-state index contributed by atoms with van der Waals surface area (Å²) in [6.07, 6.45) is 4.45. The standard InChI is InChI=1S/C14H16N6/c1-2-5-19-14(8-17,11-3-4-11)9-20-10-18-12(6-15)13(20)7-16/h10-11,19H,2-5,9H2,1H3. The van der Waals surface area contributed by atoms with Crippen molar-refractivity contribution in [3.05, 3.63) is 17.7 Å². The molecular weight excluding hydrogens is 252 g/mol. The molecule has 0 aliphatic heterocycles. The summed E-state index contributed by atoms with van der Waals surface area (Å²) in [7, 11) is 0. The Bertz CT molecular complexity index is 607. The second kappa shape index (κ2) is 5.74. The highest BCUT2D eigenvalue weighted by Crippen LogP contribution is 2.40. The number of rotatable bonds is 6. The Labute approximate surface area is 118 Å². The molecule has 1 atom stereocenters. The van der Waals surface area contributed by atoms with Crippen molar-refractivity contribution in [2.24, 2.45) is 5.92 Å². The molecule has 0 amide bonds. The molecule has 1 saturated carbocycles. The maximum Gasteiger partial charge on any atom is 0.176 e. The lowest BCUT2D eigenvalue weighted by Gasteiger charge is -2.28. The third kappa shape index (κ3) is 2.50. The maximum absolute atomic E-state index is 9.61. The lowest BCUT2D eigenvalue weighted by molar-refractivity contribution is 0.317. The van der Waals surface area contributed by atoms with Gasteiger partial charge in [-0.25, -0.2) is 4.98 Å². The van der Waals surface area contributed by atoms with E-state index in [1.165, 1.54) is 6.33 Å². The SMILES string of the molecule is CCCNC(C#N)(Cn1cnc(C#N)c1C#N)C1CC1. The van der Waals surface area contributed by atoms with Crippen molar-refractivity contribution in [2.45, 2.75) is 38.3 Å². The van der Waals surface area contributed by atoms with Crippen molar-refractivity contribution in [3.63, 3.8) is 0 Å². The van der Waals surface area contributed by atoms with Crippen LogP contribution < -0.4 is 5.32 Å². The normalized spacial score (nSPS) is 16.7. The molecule has 1 fully saturated rings. The summed E-state index contributed by atoms with van der Waals surface area (Å²) < 4.78 is 1.61. The molecule has 1 unspecified atom stereocenters. The Balaban J connectivity index is 2.29. The van der Waals surface area contributed by atoms with Gasteiger partial charge in [-0.15, -0.1) is 0 Å². The molecule has 20 heavy (non-hydrogen) atoms. The summed E-state index contributed by atoms with van der Waals surface area (Å²) in [4.78, 5) is 3.93. The molecule has 0 aromatic carbocycles. The molecule has 2 rings (SSSR count). The van der Waals surface area contributed by atoms with Crippen LogP contribution in [0.2, 0.25) is 0 Å². The molecule has 0 bridgehead atoms. The van der Waals surface area contributed by atoms with Gasteiger partial charge in [0.2, 0.25) is 0 Å². The fourth-order valence-electron chi connectivity index (χ4n) is 2.39. The Morgan fingerprint density at radius 2 is 2.15 bits per heavy atom. The molecule has 0 saturated heterocycles. The quantitative estimate of drug-likeness (QED) is 0.837. The van der Waals surface area contributed by atoms with Gasteiger partial charge in [0.1, 0.15) is 17.7 Å². The van der Waals surface area contributed by atoms with E-state index in [1.54, 1.807) is 4.57 Å². The highest BCUT2D eigenvalue weighted by molar-refractivity contribution is 5.36. The van der Waals surface area contributed by atoms with Crippen LogP contribution in [0.3, 0.4) is 0 Å². The van der Waals surface area contributed by atoms with E-state index < -0.39 is 5.54 Å². The predicted molar refractivity (Wildman–Crippen MR) is 71.0 cm³/mol. The fourth-order valence-corrected chi connectivity index (χ4v) is 2.39. The van der Waals surface area contributed by atoms with Crippen LogP contribution in [0.5, 0.6) is 0 Å². The molecule has 1 heterocycles. The summed E-state index contributed by atoms with van der Waals surface area (Å²) in [5, 5.41) is 31.0. The second-order valence-electron chi connectivity index (χ2n) is 5.08. The molecule has 1 aliphatic rings. The van der Waals surface area contributed by atoms with E-state index in [-0.39, 0.29) is 11.4 Å². The molecule has 1 aromatic rings. The van der Waals surface area contributed by atoms with Crippen LogP contribution in [-0.2, 0) is 6.54 Å². The summed E-state index contributed by atoms with van der Waals surface area (Å²) in [6, 6.07) is 6.29. The number of hydrogen-bond donors (Lipinski definition) is 1. The first kappa shape index (κ1) is 14.1. The molecule has 6 heteroatoms. The van der Waals surface area contributed by atoms with Crippen LogP contribution in [0.25, 0.3) is 0 Å². The number of aromatic nitrogens is 2. The van der Waals surface area contributed by atoms with Crippen LogP contribution in [0, 0.1) is 39.9 Å². The highest BCUT2D eigenvalue weighted by atomic mass is 15.1. The van der Waals surface area contributed by atoms with E-state index in [9.17, 15) is 5.26 Å². The van der Waals surface area contributed by atoms with Gasteiger partial charge in [-0.2, -0.15) is 15.8 Å². The third-order valence-electron chi connectivity index (χ3n) is 3.63. The molecule has 102 valence electrons. The smallest absolute Gasteiger partial charge is 0.176 e. The number of nitriles is 3. The molecular formula is C14H16N6. The van der Waals surface area contributed by atoms with Crippen LogP contribution in [-0.4, -0.2) is 21.6 Å². The summed E-state index contributed by atoms with van der Waals surface area (Å²) in [6.45, 7) is 3.16. The van der Waals surface area contributed by atoms with Gasteiger partial charge in [0.05, 0.1) is 18.9 Å². The summed E-state index contributed by atoms with van der Waals surface area (Å²) in [5.74, 6) is 0.304. The van der Waals surface area contributed by atoms with E-state index in [2.05, 4.69) is 16.4 Å². The predicted octanol–water partition coefficient (Wildman–Crippen LogP) is 1.30. The molecule has 0 radical (unpaired) electrons. The van der Waals surface area contributed by atoms with Gasteiger partial charge in [0, 0.05) is 0 Å². The maximum atomic E-state index is 9.61. The largest absolute Gasteiger partial charge is 0.318 e. The van der Waals surface area contributed by atoms with Crippen molar-refractivity contribution in [1.82, 2.24) is 14.9 Å². The lowest BCUT2D eigenvalue weighted by atomic mass is 9.94. The van der Waals surface area contributed by atoms with Crippen molar-refractivity contribution < 1.29 is 0 Å². The van der Waals surface area contributed by atoms with Gasteiger partial charge in [-0.3, -0.25) is 5.32 Å². The first-order chi connectivity index (χ1) is 9.70. The van der Waals surface area contributed by atoms with E-state index in [0.717, 1.165) is 25.8 Å².